The first-order valence-electron chi connectivity index (χ1n) is 5.43. The molecule has 0 bridgehead atoms. The number of aromatic hydroxyl groups is 1. The van der Waals surface area contributed by atoms with Gasteiger partial charge in [-0.15, -0.1) is 0 Å². The Bertz CT molecular complexity index is 579. The zero-order valence-electron chi connectivity index (χ0n) is 9.77. The maximum atomic E-state index is 12.0. The molecule has 2 aromatic carbocycles. The van der Waals surface area contributed by atoms with Crippen molar-refractivity contribution in [3.63, 3.8) is 0 Å². The Morgan fingerprint density at radius 1 is 1.17 bits per heavy atom. The van der Waals surface area contributed by atoms with Gasteiger partial charge >= 0.3 is 0 Å². The Morgan fingerprint density at radius 3 is 2.44 bits per heavy atom. The van der Waals surface area contributed by atoms with E-state index in [1.807, 2.05) is 13.0 Å². The summed E-state index contributed by atoms with van der Waals surface area (Å²) in [7, 11) is 0. The molecule has 0 unspecified atom stereocenters. The van der Waals surface area contributed by atoms with Crippen molar-refractivity contribution in [1.29, 1.82) is 0 Å². The molecule has 0 spiro atoms. The normalized spacial score (nSPS) is 10.1. The second-order valence-corrected chi connectivity index (χ2v) is 4.39. The third-order valence-electron chi connectivity index (χ3n) is 2.49. The Kier molecular flexibility index (Phi) is 3.53. The summed E-state index contributed by atoms with van der Waals surface area (Å²) >= 11 is 6.02. The molecule has 2 rings (SSSR count). The number of anilines is 1. The van der Waals surface area contributed by atoms with Gasteiger partial charge in [-0.3, -0.25) is 4.79 Å². The van der Waals surface area contributed by atoms with Crippen molar-refractivity contribution in [2.75, 3.05) is 5.32 Å². The number of hydrogen-bond acceptors (Lipinski definition) is 2. The number of halogens is 1. The first-order chi connectivity index (χ1) is 8.56. The predicted octanol–water partition coefficient (Wildman–Crippen LogP) is 3.61. The number of hydrogen-bond donors (Lipinski definition) is 2. The Morgan fingerprint density at radius 2 is 1.83 bits per heavy atom. The van der Waals surface area contributed by atoms with E-state index in [0.29, 0.717) is 16.3 Å². The van der Waals surface area contributed by atoms with Gasteiger partial charge in [-0.05, 0) is 48.9 Å². The minimum Gasteiger partial charge on any atom is -0.508 e. The number of carbonyl (C=O) groups is 1. The topological polar surface area (TPSA) is 49.3 Å². The highest BCUT2D eigenvalue weighted by atomic mass is 35.5. The van der Waals surface area contributed by atoms with Gasteiger partial charge < -0.3 is 10.4 Å². The number of amides is 1. The number of rotatable bonds is 2. The van der Waals surface area contributed by atoms with E-state index < -0.39 is 0 Å². The van der Waals surface area contributed by atoms with Crippen LogP contribution in [0.3, 0.4) is 0 Å². The second-order valence-electron chi connectivity index (χ2n) is 3.98. The molecule has 0 fully saturated rings. The van der Waals surface area contributed by atoms with Crippen molar-refractivity contribution in [3.05, 3.63) is 58.6 Å². The fourth-order valence-electron chi connectivity index (χ4n) is 1.55. The van der Waals surface area contributed by atoms with E-state index in [4.69, 9.17) is 16.7 Å². The minimum atomic E-state index is -0.273. The molecule has 92 valence electrons. The van der Waals surface area contributed by atoms with Crippen LogP contribution in [0.15, 0.2) is 42.5 Å². The monoisotopic (exact) mass is 261 g/mol. The highest BCUT2D eigenvalue weighted by molar-refractivity contribution is 6.34. The van der Waals surface area contributed by atoms with Crippen LogP contribution in [0, 0.1) is 6.92 Å². The summed E-state index contributed by atoms with van der Waals surface area (Å²) in [5.41, 5.74) is 2.03. The van der Waals surface area contributed by atoms with Gasteiger partial charge in [0.05, 0.1) is 10.6 Å². The van der Waals surface area contributed by atoms with E-state index in [-0.39, 0.29) is 11.7 Å². The van der Waals surface area contributed by atoms with Crippen LogP contribution in [0.4, 0.5) is 5.69 Å². The molecule has 4 heteroatoms. The zero-order valence-corrected chi connectivity index (χ0v) is 10.5. The summed E-state index contributed by atoms with van der Waals surface area (Å²) < 4.78 is 0. The van der Waals surface area contributed by atoms with Crippen LogP contribution in [0.2, 0.25) is 5.02 Å². The van der Waals surface area contributed by atoms with Crippen LogP contribution in [0.1, 0.15) is 15.9 Å². The van der Waals surface area contributed by atoms with Gasteiger partial charge in [0.1, 0.15) is 5.75 Å². The fourth-order valence-corrected chi connectivity index (χ4v) is 1.87. The quantitative estimate of drug-likeness (QED) is 0.812. The number of benzene rings is 2. The van der Waals surface area contributed by atoms with Crippen molar-refractivity contribution in [2.24, 2.45) is 0 Å². The second kappa shape index (κ2) is 5.10. The van der Waals surface area contributed by atoms with Crippen LogP contribution in [0.5, 0.6) is 5.75 Å². The minimum absolute atomic E-state index is 0.154. The summed E-state index contributed by atoms with van der Waals surface area (Å²) in [6, 6.07) is 11.5. The SMILES string of the molecule is Cc1ccc(C(=O)Nc2ccc(O)cc2)c(Cl)c1. The molecule has 2 aromatic rings. The molecular weight excluding hydrogens is 250 g/mol. The average molecular weight is 262 g/mol. The van der Waals surface area contributed by atoms with E-state index in [1.165, 1.54) is 12.1 Å². The van der Waals surface area contributed by atoms with Crippen LogP contribution in [-0.2, 0) is 0 Å². The van der Waals surface area contributed by atoms with E-state index in [1.54, 1.807) is 24.3 Å². The standard InChI is InChI=1S/C14H12ClNO2/c1-9-2-7-12(13(15)8-9)14(18)16-10-3-5-11(17)6-4-10/h2-8,17H,1H3,(H,16,18). The maximum absolute atomic E-state index is 12.0. The molecule has 1 amide bonds. The van der Waals surface area contributed by atoms with Crippen LogP contribution >= 0.6 is 11.6 Å². The summed E-state index contributed by atoms with van der Waals surface area (Å²) in [4.78, 5) is 12.0. The Labute approximate surface area is 110 Å². The number of nitrogens with one attached hydrogen (secondary N) is 1. The number of phenolic OH excluding ortho intramolecular Hbond substituents is 1. The molecule has 18 heavy (non-hydrogen) atoms. The summed E-state index contributed by atoms with van der Waals surface area (Å²) in [6.45, 7) is 1.91. The van der Waals surface area contributed by atoms with Gasteiger partial charge in [0, 0.05) is 5.69 Å². The smallest absolute Gasteiger partial charge is 0.257 e. The molecule has 0 heterocycles. The zero-order chi connectivity index (χ0) is 13.1. The summed E-state index contributed by atoms with van der Waals surface area (Å²) in [6.07, 6.45) is 0. The lowest BCUT2D eigenvalue weighted by molar-refractivity contribution is 0.102. The van der Waals surface area contributed by atoms with Gasteiger partial charge in [-0.1, -0.05) is 17.7 Å². The third kappa shape index (κ3) is 2.81. The fraction of sp³-hybridized carbons (Fsp3) is 0.0714. The van der Waals surface area contributed by atoms with E-state index in [2.05, 4.69) is 5.32 Å². The highest BCUT2D eigenvalue weighted by Gasteiger charge is 2.10. The Balaban J connectivity index is 2.19. The van der Waals surface area contributed by atoms with E-state index >= 15 is 0 Å². The Hall–Kier alpha value is -2.00. The lowest BCUT2D eigenvalue weighted by Gasteiger charge is -2.07. The van der Waals surface area contributed by atoms with Crippen molar-refractivity contribution < 1.29 is 9.90 Å². The van der Waals surface area contributed by atoms with Crippen LogP contribution < -0.4 is 5.32 Å². The third-order valence-corrected chi connectivity index (χ3v) is 2.81. The molecule has 0 saturated carbocycles. The predicted molar refractivity (Wildman–Crippen MR) is 72.2 cm³/mol. The molecule has 3 nitrogen and oxygen atoms in total. The number of carbonyl (C=O) groups excluding carboxylic acids is 1. The van der Waals surface area contributed by atoms with Crippen LogP contribution in [-0.4, -0.2) is 11.0 Å². The molecule has 0 saturated heterocycles. The molecule has 0 atom stereocenters. The van der Waals surface area contributed by atoms with Gasteiger partial charge in [0.15, 0.2) is 0 Å². The number of aryl methyl sites for hydroxylation is 1. The van der Waals surface area contributed by atoms with Gasteiger partial charge in [0.2, 0.25) is 0 Å². The highest BCUT2D eigenvalue weighted by Crippen LogP contribution is 2.20. The number of phenols is 1. The largest absolute Gasteiger partial charge is 0.508 e. The molecule has 0 aliphatic heterocycles. The van der Waals surface area contributed by atoms with Crippen molar-refractivity contribution in [2.45, 2.75) is 6.92 Å². The molecule has 0 radical (unpaired) electrons. The van der Waals surface area contributed by atoms with Crippen molar-refractivity contribution in [3.8, 4) is 5.75 Å². The van der Waals surface area contributed by atoms with Crippen LogP contribution in [0.25, 0.3) is 0 Å². The molecule has 0 aromatic heterocycles. The lowest BCUT2D eigenvalue weighted by Crippen LogP contribution is -2.12. The van der Waals surface area contributed by atoms with Crippen molar-refractivity contribution in [1.82, 2.24) is 0 Å². The van der Waals surface area contributed by atoms with Gasteiger partial charge in [0.25, 0.3) is 5.91 Å². The lowest BCUT2D eigenvalue weighted by atomic mass is 10.1. The summed E-state index contributed by atoms with van der Waals surface area (Å²) in [5.74, 6) is -0.118. The van der Waals surface area contributed by atoms with Crippen molar-refractivity contribution >= 4 is 23.2 Å². The molecule has 2 N–H and O–H groups in total. The van der Waals surface area contributed by atoms with E-state index in [0.717, 1.165) is 5.56 Å². The maximum Gasteiger partial charge on any atom is 0.257 e. The van der Waals surface area contributed by atoms with E-state index in [9.17, 15) is 4.79 Å². The first-order valence-corrected chi connectivity index (χ1v) is 5.80. The van der Waals surface area contributed by atoms with Gasteiger partial charge in [-0.25, -0.2) is 0 Å². The molecule has 0 aliphatic carbocycles. The first kappa shape index (κ1) is 12.5. The average Bonchev–Trinajstić information content (AvgIpc) is 2.32. The van der Waals surface area contributed by atoms with Gasteiger partial charge in [-0.2, -0.15) is 0 Å². The molecule has 0 aliphatic rings. The molecular formula is C14H12ClNO2. The summed E-state index contributed by atoms with van der Waals surface area (Å²) in [5, 5.41) is 12.3.